The number of ether oxygens (including phenoxy) is 1. The second-order valence-corrected chi connectivity index (χ2v) is 16.3. The number of fused-ring (bicyclic) bond motifs is 2. The molecule has 2 amide bonds. The van der Waals surface area contributed by atoms with Crippen LogP contribution in [0.3, 0.4) is 0 Å². The molecule has 1 aromatic rings. The number of nitrogens with one attached hydrogen (secondary N) is 2. The van der Waals surface area contributed by atoms with Crippen molar-refractivity contribution in [2.75, 3.05) is 5.75 Å². The van der Waals surface area contributed by atoms with E-state index in [-0.39, 0.29) is 28.3 Å². The normalized spacial score (nSPS) is 28.6. The molecule has 8 N–H and O–H groups in total. The van der Waals surface area contributed by atoms with Crippen LogP contribution in [0.1, 0.15) is 82.6 Å². The standard InChI is InChI=1S/C37H48N4O10S/c38-37(50,35(48)49)12-7-27(42)40-26(31(43)41-32(44)33(45)46)19-52-30-29-28-23(16-20-3-5-24(6-4-20)36(30)10-1-2-11-36)17-22(18-25(28)34(47)51-29)15-21-8-13-39-14-9-21/h8-9,13-14,18,20,23-26,30,32,44,50H,1-7,10-12,15-17,19,38H2,(H,40,42)(H,41,43)(H,45,46)(H,48,49). The van der Waals surface area contributed by atoms with Gasteiger partial charge in [-0.05, 0) is 91.4 Å². The molecule has 0 saturated heterocycles. The fourth-order valence-corrected chi connectivity index (χ4v) is 11.0. The Morgan fingerprint density at radius 2 is 1.77 bits per heavy atom. The number of nitrogens with two attached hydrogens (primary N) is 1. The Balaban J connectivity index is 1.34. The van der Waals surface area contributed by atoms with Crippen molar-refractivity contribution in [2.45, 2.75) is 107 Å². The van der Waals surface area contributed by atoms with E-state index in [0.717, 1.165) is 75.3 Å². The quantitative estimate of drug-likeness (QED) is 0.0875. The summed E-state index contributed by atoms with van der Waals surface area (Å²) in [6.45, 7) is 0. The van der Waals surface area contributed by atoms with Gasteiger partial charge in [-0.1, -0.05) is 37.3 Å². The molecule has 2 fully saturated rings. The van der Waals surface area contributed by atoms with E-state index in [0.29, 0.717) is 24.0 Å². The molecule has 2 heterocycles. The topological polar surface area (TPSA) is 238 Å². The van der Waals surface area contributed by atoms with Crippen LogP contribution in [0, 0.1) is 29.1 Å². The lowest BCUT2D eigenvalue weighted by Crippen LogP contribution is -2.54. The Morgan fingerprint density at radius 3 is 2.42 bits per heavy atom. The average molecular weight is 741 g/mol. The number of carbonyl (C=O) groups excluding carboxylic acids is 3. The summed E-state index contributed by atoms with van der Waals surface area (Å²) in [5.41, 5.74) is 5.81. The van der Waals surface area contributed by atoms with E-state index in [1.54, 1.807) is 12.4 Å². The van der Waals surface area contributed by atoms with Gasteiger partial charge in [0, 0.05) is 31.0 Å². The van der Waals surface area contributed by atoms with Crippen LogP contribution >= 0.6 is 11.8 Å². The minimum absolute atomic E-state index is 0.0652. The number of amides is 2. The summed E-state index contributed by atoms with van der Waals surface area (Å²) in [6, 6.07) is 2.61. The Morgan fingerprint density at radius 1 is 1.08 bits per heavy atom. The van der Waals surface area contributed by atoms with Crippen LogP contribution in [0.15, 0.2) is 47.5 Å². The number of esters is 1. The van der Waals surface area contributed by atoms with Crippen LogP contribution in [-0.4, -0.2) is 84.1 Å². The maximum absolute atomic E-state index is 13.8. The van der Waals surface area contributed by atoms with Crippen LogP contribution in [0.2, 0.25) is 0 Å². The minimum Gasteiger partial charge on any atom is -0.478 e. The van der Waals surface area contributed by atoms with Crippen LogP contribution < -0.4 is 16.4 Å². The number of hydrogen-bond donors (Lipinski definition) is 7. The first-order chi connectivity index (χ1) is 24.8. The molecule has 5 aliphatic carbocycles. The molecule has 282 valence electrons. The van der Waals surface area contributed by atoms with Crippen LogP contribution in [0.5, 0.6) is 0 Å². The lowest BCUT2D eigenvalue weighted by Gasteiger charge is -2.48. The van der Waals surface area contributed by atoms with Crippen molar-refractivity contribution in [3.63, 3.8) is 0 Å². The molecule has 6 aliphatic rings. The molecule has 1 spiro atoms. The van der Waals surface area contributed by atoms with Crippen molar-refractivity contribution in [2.24, 2.45) is 34.8 Å². The SMILES string of the molecule is NC(O)(CCC(=O)NC(CSC1C2=C3C(CC(Cc4ccncc4)=CC3C(=O)O2)CC2CCC(CC2)C12CCCC2)C(=O)NC(O)C(=O)O)C(=O)O. The van der Waals surface area contributed by atoms with Crippen molar-refractivity contribution in [1.29, 1.82) is 0 Å². The summed E-state index contributed by atoms with van der Waals surface area (Å²) in [7, 11) is 0. The number of aliphatic carboxylic acids is 2. The molecule has 2 saturated carbocycles. The molecular weight excluding hydrogens is 692 g/mol. The van der Waals surface area contributed by atoms with E-state index < -0.39 is 60.5 Å². The van der Waals surface area contributed by atoms with Gasteiger partial charge in [0.1, 0.15) is 17.7 Å². The predicted octanol–water partition coefficient (Wildman–Crippen LogP) is 2.39. The van der Waals surface area contributed by atoms with E-state index in [9.17, 15) is 39.3 Å². The molecule has 0 aromatic carbocycles. The van der Waals surface area contributed by atoms with Gasteiger partial charge in [0.2, 0.25) is 23.8 Å². The number of thioether (sulfide) groups is 1. The van der Waals surface area contributed by atoms with Crippen molar-refractivity contribution in [1.82, 2.24) is 15.6 Å². The van der Waals surface area contributed by atoms with Gasteiger partial charge in [0.25, 0.3) is 0 Å². The number of allylic oxidation sites excluding steroid dienone is 1. The molecule has 6 atom stereocenters. The Bertz CT molecular complexity index is 1620. The van der Waals surface area contributed by atoms with Gasteiger partial charge in [-0.3, -0.25) is 25.1 Å². The molecule has 14 nitrogen and oxygen atoms in total. The number of carboxylic acid groups (broad SMARTS) is 2. The van der Waals surface area contributed by atoms with Gasteiger partial charge in [0.05, 0.1) is 5.25 Å². The molecule has 6 unspecified atom stereocenters. The first kappa shape index (κ1) is 38.0. The summed E-state index contributed by atoms with van der Waals surface area (Å²) < 4.78 is 6.35. The summed E-state index contributed by atoms with van der Waals surface area (Å²) in [6.07, 6.45) is 12.8. The zero-order valence-electron chi connectivity index (χ0n) is 29.0. The maximum Gasteiger partial charge on any atom is 0.353 e. The molecule has 15 heteroatoms. The summed E-state index contributed by atoms with van der Waals surface area (Å²) in [4.78, 5) is 67.1. The number of aromatic nitrogens is 1. The van der Waals surface area contributed by atoms with E-state index in [1.165, 1.54) is 17.3 Å². The van der Waals surface area contributed by atoms with Crippen LogP contribution in [0.25, 0.3) is 0 Å². The van der Waals surface area contributed by atoms with Gasteiger partial charge in [-0.15, -0.1) is 11.8 Å². The lowest BCUT2D eigenvalue weighted by atomic mass is 9.60. The van der Waals surface area contributed by atoms with E-state index in [1.807, 2.05) is 17.4 Å². The first-order valence-electron chi connectivity index (χ1n) is 18.2. The third kappa shape index (κ3) is 8.07. The number of carboxylic acids is 2. The smallest absolute Gasteiger partial charge is 0.353 e. The number of carbonyl (C=O) groups is 5. The zero-order valence-corrected chi connectivity index (χ0v) is 29.8. The number of aliphatic hydroxyl groups excluding tert-OH is 1. The number of aliphatic hydroxyl groups is 2. The highest BCUT2D eigenvalue weighted by molar-refractivity contribution is 8.00. The molecule has 7 rings (SSSR count). The van der Waals surface area contributed by atoms with Gasteiger partial charge in [-0.25, -0.2) is 9.59 Å². The largest absolute Gasteiger partial charge is 0.478 e. The number of rotatable bonds is 13. The highest BCUT2D eigenvalue weighted by Gasteiger charge is 2.55. The summed E-state index contributed by atoms with van der Waals surface area (Å²) in [5.74, 6) is -4.40. The molecule has 1 aliphatic heterocycles. The van der Waals surface area contributed by atoms with Gasteiger partial charge in [-0.2, -0.15) is 0 Å². The third-order valence-corrected chi connectivity index (χ3v) is 13.4. The van der Waals surface area contributed by atoms with Crippen molar-refractivity contribution in [3.8, 4) is 0 Å². The summed E-state index contributed by atoms with van der Waals surface area (Å²) >= 11 is 1.40. The Labute approximate surface area is 306 Å². The monoisotopic (exact) mass is 740 g/mol. The fraction of sp³-hybridized carbons (Fsp3) is 0.622. The maximum atomic E-state index is 13.8. The molecule has 52 heavy (non-hydrogen) atoms. The van der Waals surface area contributed by atoms with Gasteiger partial charge < -0.3 is 35.8 Å². The van der Waals surface area contributed by atoms with E-state index in [2.05, 4.69) is 16.4 Å². The highest BCUT2D eigenvalue weighted by Crippen LogP contribution is 2.61. The van der Waals surface area contributed by atoms with Gasteiger partial charge >= 0.3 is 17.9 Å². The predicted molar refractivity (Wildman–Crippen MR) is 188 cm³/mol. The van der Waals surface area contributed by atoms with E-state index in [4.69, 9.17) is 15.6 Å². The second kappa shape index (κ2) is 15.7. The van der Waals surface area contributed by atoms with Gasteiger partial charge in [0.15, 0.2) is 0 Å². The average Bonchev–Trinajstić information content (AvgIpc) is 3.73. The molecule has 1 aromatic heterocycles. The molecule has 0 radical (unpaired) electrons. The van der Waals surface area contributed by atoms with Crippen molar-refractivity contribution in [3.05, 3.63) is 53.1 Å². The zero-order chi connectivity index (χ0) is 37.2. The fourth-order valence-electron chi connectivity index (χ4n) is 9.31. The third-order valence-electron chi connectivity index (χ3n) is 11.9. The van der Waals surface area contributed by atoms with Crippen molar-refractivity contribution < 1.29 is 49.1 Å². The van der Waals surface area contributed by atoms with E-state index >= 15 is 0 Å². The highest BCUT2D eigenvalue weighted by atomic mass is 32.2. The summed E-state index contributed by atoms with van der Waals surface area (Å²) in [5, 5.41) is 42.5. The first-order valence-corrected chi connectivity index (χ1v) is 19.2. The molecule has 2 bridgehead atoms. The van der Waals surface area contributed by atoms with Crippen LogP contribution in [-0.2, 0) is 35.1 Å². The number of pyridine rings is 1. The minimum atomic E-state index is -2.67. The van der Waals surface area contributed by atoms with Crippen LogP contribution in [0.4, 0.5) is 0 Å². The number of hydrogen-bond acceptors (Lipinski definition) is 11. The van der Waals surface area contributed by atoms with Crippen molar-refractivity contribution >= 4 is 41.5 Å². The lowest BCUT2D eigenvalue weighted by molar-refractivity contribution is -0.159. The Hall–Kier alpha value is -3.79. The molecular formula is C37H48N4O10S. The Kier molecular flexibility index (Phi) is 11.4. The second-order valence-electron chi connectivity index (χ2n) is 15.2. The number of nitrogens with zero attached hydrogens (tertiary/aromatic N) is 1.